The molecule has 2 aromatic rings. The van der Waals surface area contributed by atoms with E-state index < -0.39 is 0 Å². The van der Waals surface area contributed by atoms with Gasteiger partial charge in [0.05, 0.1) is 25.3 Å². The maximum absolute atomic E-state index is 12.9. The van der Waals surface area contributed by atoms with Crippen LogP contribution in [0.3, 0.4) is 0 Å². The molecule has 1 heterocycles. The third-order valence-corrected chi connectivity index (χ3v) is 4.01. The van der Waals surface area contributed by atoms with Crippen LogP contribution >= 0.6 is 0 Å². The molecule has 0 amide bonds. The zero-order valence-corrected chi connectivity index (χ0v) is 12.5. The molecular weight excluding hydrogens is 300 g/mol. The number of carbonyl (C=O) groups excluding carboxylic acids is 2. The molecule has 0 aromatic heterocycles. The van der Waals surface area contributed by atoms with Crippen LogP contribution in [0, 0.1) is 0 Å². The molecule has 0 N–H and O–H groups in total. The molecule has 0 radical (unpaired) electrons. The number of ether oxygens (including phenoxy) is 4. The Morgan fingerprint density at radius 2 is 1.26 bits per heavy atom. The van der Waals surface area contributed by atoms with Gasteiger partial charge in [-0.3, -0.25) is 9.59 Å². The van der Waals surface area contributed by atoms with Crippen LogP contribution in [0.4, 0.5) is 0 Å². The smallest absolute Gasteiger partial charge is 0.231 e. The van der Waals surface area contributed by atoms with E-state index in [1.807, 2.05) is 0 Å². The predicted molar refractivity (Wildman–Crippen MR) is 79.0 cm³/mol. The summed E-state index contributed by atoms with van der Waals surface area (Å²) < 4.78 is 21.5. The Bertz CT molecular complexity index is 798. The summed E-state index contributed by atoms with van der Waals surface area (Å²) in [5.41, 5.74) is 0.975. The molecular formula is C17H12O6. The highest BCUT2D eigenvalue weighted by Crippen LogP contribution is 2.54. The highest BCUT2D eigenvalue weighted by molar-refractivity contribution is 6.31. The van der Waals surface area contributed by atoms with Crippen molar-refractivity contribution < 1.29 is 28.5 Å². The fraction of sp³-hybridized carbons (Fsp3) is 0.176. The van der Waals surface area contributed by atoms with Gasteiger partial charge >= 0.3 is 0 Å². The lowest BCUT2D eigenvalue weighted by molar-refractivity contribution is 0.0973. The average Bonchev–Trinajstić information content (AvgIpc) is 3.06. The third kappa shape index (κ3) is 1.63. The summed E-state index contributed by atoms with van der Waals surface area (Å²) >= 11 is 0. The Morgan fingerprint density at radius 1 is 0.826 bits per heavy atom. The largest absolute Gasteiger partial charge is 0.492 e. The van der Waals surface area contributed by atoms with Crippen LogP contribution in [0.5, 0.6) is 23.0 Å². The minimum absolute atomic E-state index is 0.0275. The molecule has 2 aromatic carbocycles. The van der Waals surface area contributed by atoms with E-state index >= 15 is 0 Å². The molecule has 0 saturated heterocycles. The van der Waals surface area contributed by atoms with E-state index in [-0.39, 0.29) is 52.5 Å². The maximum Gasteiger partial charge on any atom is 0.231 e. The SMILES string of the molecule is COc1c2c(c(OC)c3c1C(=O)c1ccccc1C3=O)OCO2. The molecule has 0 fully saturated rings. The minimum atomic E-state index is -0.302. The zero-order chi connectivity index (χ0) is 16.1. The first-order chi connectivity index (χ1) is 11.2. The van der Waals surface area contributed by atoms with Gasteiger partial charge in [0.15, 0.2) is 23.1 Å². The van der Waals surface area contributed by atoms with Gasteiger partial charge in [0.2, 0.25) is 18.3 Å². The van der Waals surface area contributed by atoms with E-state index in [1.165, 1.54) is 14.2 Å². The second-order valence-corrected chi connectivity index (χ2v) is 5.09. The Morgan fingerprint density at radius 3 is 1.65 bits per heavy atom. The third-order valence-electron chi connectivity index (χ3n) is 4.01. The second kappa shape index (κ2) is 4.74. The first-order valence-electron chi connectivity index (χ1n) is 6.95. The Labute approximate surface area is 131 Å². The molecule has 1 aliphatic heterocycles. The van der Waals surface area contributed by atoms with E-state index in [4.69, 9.17) is 18.9 Å². The van der Waals surface area contributed by atoms with Gasteiger partial charge in [0.1, 0.15) is 0 Å². The van der Waals surface area contributed by atoms with Gasteiger partial charge in [-0.25, -0.2) is 0 Å². The van der Waals surface area contributed by atoms with Gasteiger partial charge in [-0.05, 0) is 0 Å². The Balaban J connectivity index is 2.13. The van der Waals surface area contributed by atoms with Gasteiger partial charge in [-0.15, -0.1) is 0 Å². The highest BCUT2D eigenvalue weighted by Gasteiger charge is 2.41. The van der Waals surface area contributed by atoms with Gasteiger partial charge < -0.3 is 18.9 Å². The lowest BCUT2D eigenvalue weighted by Gasteiger charge is -2.22. The van der Waals surface area contributed by atoms with Crippen molar-refractivity contribution in [3.05, 3.63) is 46.5 Å². The normalized spacial score (nSPS) is 14.3. The van der Waals surface area contributed by atoms with Gasteiger partial charge in [0.25, 0.3) is 0 Å². The van der Waals surface area contributed by atoms with Crippen molar-refractivity contribution in [3.8, 4) is 23.0 Å². The van der Waals surface area contributed by atoms with Crippen molar-refractivity contribution in [2.24, 2.45) is 0 Å². The number of benzene rings is 2. The zero-order valence-electron chi connectivity index (χ0n) is 12.5. The summed E-state index contributed by atoms with van der Waals surface area (Å²) in [5, 5.41) is 0. The molecule has 6 nitrogen and oxygen atoms in total. The number of hydrogen-bond acceptors (Lipinski definition) is 6. The topological polar surface area (TPSA) is 71.1 Å². The fourth-order valence-corrected chi connectivity index (χ4v) is 3.04. The van der Waals surface area contributed by atoms with Gasteiger partial charge in [0, 0.05) is 11.1 Å². The summed E-state index contributed by atoms with van der Waals surface area (Å²) in [7, 11) is 2.84. The molecule has 0 unspecified atom stereocenters. The van der Waals surface area contributed by atoms with Crippen LogP contribution in [0.25, 0.3) is 0 Å². The fourth-order valence-electron chi connectivity index (χ4n) is 3.04. The maximum atomic E-state index is 12.9. The van der Waals surface area contributed by atoms with Crippen molar-refractivity contribution >= 4 is 11.6 Å². The lowest BCUT2D eigenvalue weighted by atomic mass is 9.82. The standard InChI is InChI=1S/C17H12O6/c1-20-14-10-11(15(21-2)17-16(14)22-7-23-17)13(19)9-6-4-3-5-8(9)12(10)18/h3-6H,7H2,1-2H3. The van der Waals surface area contributed by atoms with Crippen LogP contribution < -0.4 is 18.9 Å². The van der Waals surface area contributed by atoms with Gasteiger partial charge in [-0.2, -0.15) is 0 Å². The van der Waals surface area contributed by atoms with Crippen molar-refractivity contribution in [2.45, 2.75) is 0 Å². The monoisotopic (exact) mass is 312 g/mol. The summed E-state index contributed by atoms with van der Waals surface area (Å²) in [6.07, 6.45) is 0. The van der Waals surface area contributed by atoms with E-state index in [2.05, 4.69) is 0 Å². The number of hydrogen-bond donors (Lipinski definition) is 0. The van der Waals surface area contributed by atoms with Crippen LogP contribution in [-0.4, -0.2) is 32.6 Å². The van der Waals surface area contributed by atoms with Crippen LogP contribution in [0.2, 0.25) is 0 Å². The summed E-state index contributed by atoms with van der Waals surface area (Å²) in [6.45, 7) is -0.0275. The number of ketones is 2. The van der Waals surface area contributed by atoms with Crippen LogP contribution in [0.1, 0.15) is 31.8 Å². The predicted octanol–water partition coefficient (Wildman–Crippen LogP) is 2.21. The summed E-state index contributed by atoms with van der Waals surface area (Å²) in [5.74, 6) is 0.349. The molecule has 116 valence electrons. The van der Waals surface area contributed by atoms with Crippen molar-refractivity contribution in [3.63, 3.8) is 0 Å². The summed E-state index contributed by atoms with van der Waals surface area (Å²) in [4.78, 5) is 25.8. The molecule has 0 saturated carbocycles. The molecule has 1 aliphatic carbocycles. The summed E-state index contributed by atoms with van der Waals surface area (Å²) in [6, 6.07) is 6.67. The number of carbonyl (C=O) groups is 2. The first kappa shape index (κ1) is 13.6. The van der Waals surface area contributed by atoms with E-state index in [1.54, 1.807) is 24.3 Å². The molecule has 0 spiro atoms. The van der Waals surface area contributed by atoms with Crippen LogP contribution in [0.15, 0.2) is 24.3 Å². The number of methoxy groups -OCH3 is 2. The second-order valence-electron chi connectivity index (χ2n) is 5.09. The van der Waals surface area contributed by atoms with Crippen molar-refractivity contribution in [1.82, 2.24) is 0 Å². The van der Waals surface area contributed by atoms with Gasteiger partial charge in [-0.1, -0.05) is 24.3 Å². The Hall–Kier alpha value is -3.02. The lowest BCUT2D eigenvalue weighted by Crippen LogP contribution is -2.22. The average molecular weight is 312 g/mol. The minimum Gasteiger partial charge on any atom is -0.492 e. The molecule has 0 atom stereocenters. The number of rotatable bonds is 2. The molecule has 4 rings (SSSR count). The molecule has 0 bridgehead atoms. The molecule has 6 heteroatoms. The number of fused-ring (bicyclic) bond motifs is 3. The van der Waals surface area contributed by atoms with Crippen LogP contribution in [-0.2, 0) is 0 Å². The van der Waals surface area contributed by atoms with Crippen molar-refractivity contribution in [2.75, 3.05) is 21.0 Å². The first-order valence-corrected chi connectivity index (χ1v) is 6.95. The quantitative estimate of drug-likeness (QED) is 0.722. The molecule has 23 heavy (non-hydrogen) atoms. The van der Waals surface area contributed by atoms with E-state index in [0.29, 0.717) is 11.1 Å². The Kier molecular flexibility index (Phi) is 2.81. The highest BCUT2D eigenvalue weighted by atomic mass is 16.7. The van der Waals surface area contributed by atoms with Crippen molar-refractivity contribution in [1.29, 1.82) is 0 Å². The molecule has 2 aliphatic rings. The van der Waals surface area contributed by atoms with E-state index in [0.717, 1.165) is 0 Å². The van der Waals surface area contributed by atoms with E-state index in [9.17, 15) is 9.59 Å².